The normalized spacial score (nSPS) is 13.1. The average Bonchev–Trinajstić information content (AvgIpc) is 2.88. The summed E-state index contributed by atoms with van der Waals surface area (Å²) in [6.45, 7) is 2.68. The Morgan fingerprint density at radius 1 is 1.11 bits per heavy atom. The maximum Gasteiger partial charge on any atom is 0.261 e. The van der Waals surface area contributed by atoms with E-state index >= 15 is 0 Å². The van der Waals surface area contributed by atoms with Gasteiger partial charge in [-0.1, -0.05) is 0 Å². The number of benzene rings is 2. The van der Waals surface area contributed by atoms with Crippen LogP contribution in [0.15, 0.2) is 36.4 Å². The van der Waals surface area contributed by atoms with Crippen LogP contribution in [0.4, 0.5) is 5.69 Å². The largest absolute Gasteiger partial charge is 0.385 e. The summed E-state index contributed by atoms with van der Waals surface area (Å²) in [6, 6.07) is 10.3. The van der Waals surface area contributed by atoms with Crippen molar-refractivity contribution in [3.8, 4) is 0 Å². The van der Waals surface area contributed by atoms with Gasteiger partial charge >= 0.3 is 0 Å². The summed E-state index contributed by atoms with van der Waals surface area (Å²) in [4.78, 5) is 38.8. The molecule has 1 heterocycles. The Labute approximate surface area is 171 Å². The monoisotopic (exact) mass is 478 g/mol. The van der Waals surface area contributed by atoms with Crippen molar-refractivity contribution in [3.63, 3.8) is 0 Å². The zero-order chi connectivity index (χ0) is 19.6. The number of ether oxygens (including phenoxy) is 1. The summed E-state index contributed by atoms with van der Waals surface area (Å²) in [7, 11) is 1.57. The number of amides is 3. The molecular formula is C20H19IN2O4. The van der Waals surface area contributed by atoms with Gasteiger partial charge in [0.15, 0.2) is 0 Å². The van der Waals surface area contributed by atoms with Crippen LogP contribution in [0.3, 0.4) is 0 Å². The number of carbonyl (C=O) groups is 3. The Bertz CT molecular complexity index is 926. The van der Waals surface area contributed by atoms with E-state index < -0.39 is 0 Å². The SMILES string of the molecule is COCCCN1C(=O)c2ccc(C(=O)Nc3ccc(I)cc3C)cc2C1=O. The topological polar surface area (TPSA) is 75.7 Å². The lowest BCUT2D eigenvalue weighted by atomic mass is 10.0. The fourth-order valence-corrected chi connectivity index (χ4v) is 3.61. The smallest absolute Gasteiger partial charge is 0.261 e. The molecule has 0 aromatic heterocycles. The van der Waals surface area contributed by atoms with E-state index in [2.05, 4.69) is 27.9 Å². The van der Waals surface area contributed by atoms with E-state index in [0.717, 1.165) is 9.13 Å². The Morgan fingerprint density at radius 3 is 2.56 bits per heavy atom. The number of aryl methyl sites for hydroxylation is 1. The molecule has 0 saturated heterocycles. The molecule has 0 saturated carbocycles. The number of nitrogens with zero attached hydrogens (tertiary/aromatic N) is 1. The number of fused-ring (bicyclic) bond motifs is 1. The third-order valence-corrected chi connectivity index (χ3v) is 5.07. The third-order valence-electron chi connectivity index (χ3n) is 4.40. The molecule has 1 N–H and O–H groups in total. The Morgan fingerprint density at radius 2 is 1.85 bits per heavy atom. The van der Waals surface area contributed by atoms with Crippen LogP contribution in [0.25, 0.3) is 0 Å². The van der Waals surface area contributed by atoms with Crippen molar-refractivity contribution < 1.29 is 19.1 Å². The second-order valence-electron chi connectivity index (χ2n) is 6.28. The predicted octanol–water partition coefficient (Wildman–Crippen LogP) is 3.48. The molecule has 0 aliphatic carbocycles. The van der Waals surface area contributed by atoms with Crippen LogP contribution in [0.1, 0.15) is 43.1 Å². The molecule has 0 bridgehead atoms. The first-order valence-electron chi connectivity index (χ1n) is 8.49. The second kappa shape index (κ2) is 8.18. The van der Waals surface area contributed by atoms with Gasteiger partial charge in [0.05, 0.1) is 11.1 Å². The van der Waals surface area contributed by atoms with E-state index in [-0.39, 0.29) is 23.3 Å². The standard InChI is InChI=1S/C20H19IN2O4/c1-12-10-14(21)5-7-17(12)22-18(24)13-4-6-15-16(11-13)20(26)23(19(15)25)8-3-9-27-2/h4-7,10-11H,3,8-9H2,1-2H3,(H,22,24). The number of hydrogen-bond donors (Lipinski definition) is 1. The summed E-state index contributed by atoms with van der Waals surface area (Å²) in [5, 5.41) is 2.86. The van der Waals surface area contributed by atoms with E-state index in [9.17, 15) is 14.4 Å². The highest BCUT2D eigenvalue weighted by atomic mass is 127. The lowest BCUT2D eigenvalue weighted by Gasteiger charge is -2.12. The molecule has 3 amide bonds. The summed E-state index contributed by atoms with van der Waals surface area (Å²) in [5.41, 5.74) is 2.60. The van der Waals surface area contributed by atoms with Crippen LogP contribution in [0, 0.1) is 10.5 Å². The number of carbonyl (C=O) groups excluding carboxylic acids is 3. The number of methoxy groups -OCH3 is 1. The van der Waals surface area contributed by atoms with E-state index in [1.54, 1.807) is 19.2 Å². The molecule has 3 rings (SSSR count). The van der Waals surface area contributed by atoms with Crippen molar-refractivity contribution in [2.75, 3.05) is 25.6 Å². The van der Waals surface area contributed by atoms with Gasteiger partial charge in [-0.25, -0.2) is 0 Å². The van der Waals surface area contributed by atoms with Crippen LogP contribution in [-0.2, 0) is 4.74 Å². The van der Waals surface area contributed by atoms with Crippen molar-refractivity contribution in [2.24, 2.45) is 0 Å². The van der Waals surface area contributed by atoms with E-state index in [1.807, 2.05) is 25.1 Å². The minimum Gasteiger partial charge on any atom is -0.385 e. The molecule has 0 radical (unpaired) electrons. The lowest BCUT2D eigenvalue weighted by Crippen LogP contribution is -2.31. The molecule has 6 nitrogen and oxygen atoms in total. The van der Waals surface area contributed by atoms with Gasteiger partial charge in [0.25, 0.3) is 17.7 Å². The first kappa shape index (κ1) is 19.5. The zero-order valence-corrected chi connectivity index (χ0v) is 17.2. The summed E-state index contributed by atoms with van der Waals surface area (Å²) >= 11 is 2.21. The predicted molar refractivity (Wildman–Crippen MR) is 110 cm³/mol. The van der Waals surface area contributed by atoms with Crippen molar-refractivity contribution in [1.29, 1.82) is 0 Å². The van der Waals surface area contributed by atoms with Crippen LogP contribution in [0.5, 0.6) is 0 Å². The maximum atomic E-state index is 12.6. The molecule has 1 aliphatic heterocycles. The average molecular weight is 478 g/mol. The first-order valence-corrected chi connectivity index (χ1v) is 9.57. The van der Waals surface area contributed by atoms with Crippen LogP contribution in [0.2, 0.25) is 0 Å². The zero-order valence-electron chi connectivity index (χ0n) is 15.0. The molecule has 2 aromatic rings. The number of halogens is 1. The van der Waals surface area contributed by atoms with Gasteiger partial charge in [0.2, 0.25) is 0 Å². The number of anilines is 1. The van der Waals surface area contributed by atoms with E-state index in [4.69, 9.17) is 4.74 Å². The summed E-state index contributed by atoms with van der Waals surface area (Å²) in [6.07, 6.45) is 0.571. The molecule has 27 heavy (non-hydrogen) atoms. The Balaban J connectivity index is 1.80. The van der Waals surface area contributed by atoms with Crippen LogP contribution >= 0.6 is 22.6 Å². The van der Waals surface area contributed by atoms with Gasteiger partial charge < -0.3 is 10.1 Å². The molecule has 0 unspecified atom stereocenters. The molecular weight excluding hydrogens is 459 g/mol. The molecule has 7 heteroatoms. The fourth-order valence-electron chi connectivity index (χ4n) is 2.96. The number of nitrogens with one attached hydrogen (secondary N) is 1. The number of hydrogen-bond acceptors (Lipinski definition) is 4. The van der Waals surface area contributed by atoms with E-state index in [0.29, 0.717) is 36.4 Å². The summed E-state index contributed by atoms with van der Waals surface area (Å²) < 4.78 is 6.05. The second-order valence-corrected chi connectivity index (χ2v) is 7.53. The highest BCUT2D eigenvalue weighted by molar-refractivity contribution is 14.1. The van der Waals surface area contributed by atoms with Gasteiger partial charge in [0, 0.05) is 35.1 Å². The quantitative estimate of drug-likeness (QED) is 0.392. The molecule has 140 valence electrons. The fraction of sp³-hybridized carbons (Fsp3) is 0.250. The van der Waals surface area contributed by atoms with E-state index in [1.165, 1.54) is 11.0 Å². The van der Waals surface area contributed by atoms with Gasteiger partial charge in [-0.2, -0.15) is 0 Å². The first-order chi connectivity index (χ1) is 12.9. The lowest BCUT2D eigenvalue weighted by molar-refractivity contribution is 0.0638. The van der Waals surface area contributed by atoms with Crippen LogP contribution < -0.4 is 5.32 Å². The van der Waals surface area contributed by atoms with Gasteiger partial charge in [-0.3, -0.25) is 19.3 Å². The van der Waals surface area contributed by atoms with Gasteiger partial charge in [0.1, 0.15) is 0 Å². The van der Waals surface area contributed by atoms with Gasteiger partial charge in [-0.05, 0) is 77.9 Å². The third kappa shape index (κ3) is 4.03. The van der Waals surface area contributed by atoms with Crippen molar-refractivity contribution in [2.45, 2.75) is 13.3 Å². The van der Waals surface area contributed by atoms with Crippen molar-refractivity contribution in [1.82, 2.24) is 4.90 Å². The van der Waals surface area contributed by atoms with Crippen molar-refractivity contribution in [3.05, 3.63) is 62.2 Å². The minimum atomic E-state index is -0.369. The number of imide groups is 1. The maximum absolute atomic E-state index is 12.6. The molecule has 0 fully saturated rings. The van der Waals surface area contributed by atoms with Gasteiger partial charge in [-0.15, -0.1) is 0 Å². The Kier molecular flexibility index (Phi) is 5.91. The highest BCUT2D eigenvalue weighted by Gasteiger charge is 2.35. The molecule has 1 aliphatic rings. The van der Waals surface area contributed by atoms with Crippen LogP contribution in [-0.4, -0.2) is 42.9 Å². The Hall–Kier alpha value is -2.26. The number of rotatable bonds is 6. The highest BCUT2D eigenvalue weighted by Crippen LogP contribution is 2.25. The van der Waals surface area contributed by atoms with Crippen molar-refractivity contribution >= 4 is 46.0 Å². The summed E-state index contributed by atoms with van der Waals surface area (Å²) in [5.74, 6) is -1.02. The molecule has 0 atom stereocenters. The molecule has 2 aromatic carbocycles. The molecule has 0 spiro atoms. The minimum absolute atomic E-state index is 0.268.